The van der Waals surface area contributed by atoms with Crippen LogP contribution in [0.2, 0.25) is 0 Å². The van der Waals surface area contributed by atoms with Crippen molar-refractivity contribution in [3.8, 4) is 11.1 Å². The van der Waals surface area contributed by atoms with Crippen LogP contribution in [0.3, 0.4) is 0 Å². The van der Waals surface area contributed by atoms with Gasteiger partial charge in [0.15, 0.2) is 0 Å². The van der Waals surface area contributed by atoms with Gasteiger partial charge in [0.05, 0.1) is 12.5 Å². The maximum atomic E-state index is 5.04. The molecule has 100 valence electrons. The highest BCUT2D eigenvalue weighted by Gasteiger charge is 1.98. The van der Waals surface area contributed by atoms with E-state index in [-0.39, 0.29) is 0 Å². The Morgan fingerprint density at radius 1 is 0.700 bits per heavy atom. The summed E-state index contributed by atoms with van der Waals surface area (Å²) in [6.45, 7) is 1.69. The zero-order valence-electron chi connectivity index (χ0n) is 11.3. The van der Waals surface area contributed by atoms with Gasteiger partial charge < -0.3 is 9.73 Å². The van der Waals surface area contributed by atoms with Crippen LogP contribution in [0.5, 0.6) is 0 Å². The lowest BCUT2D eigenvalue weighted by Gasteiger charge is -2.05. The molecule has 0 aliphatic carbocycles. The fraction of sp³-hybridized carbons (Fsp3) is 0.111. The molecule has 3 rings (SSSR count). The van der Waals surface area contributed by atoms with Gasteiger partial charge >= 0.3 is 0 Å². The number of nitrogens with one attached hydrogen (secondary N) is 1. The maximum absolute atomic E-state index is 5.04. The highest BCUT2D eigenvalue weighted by atomic mass is 16.3. The average Bonchev–Trinajstić information content (AvgIpc) is 3.02. The first-order valence-electron chi connectivity index (χ1n) is 6.78. The fourth-order valence-electron chi connectivity index (χ4n) is 2.19. The van der Waals surface area contributed by atoms with Crippen molar-refractivity contribution in [2.45, 2.75) is 13.1 Å². The predicted octanol–water partition coefficient (Wildman–Crippen LogP) is 4.24. The van der Waals surface area contributed by atoms with Crippen LogP contribution in [0.25, 0.3) is 11.1 Å². The van der Waals surface area contributed by atoms with Crippen LogP contribution in [0, 0.1) is 0 Å². The Morgan fingerprint density at radius 3 is 2.10 bits per heavy atom. The normalized spacial score (nSPS) is 10.6. The Hall–Kier alpha value is -2.32. The van der Waals surface area contributed by atoms with Gasteiger partial charge in [-0.25, -0.2) is 0 Å². The van der Waals surface area contributed by atoms with E-state index >= 15 is 0 Å². The first-order valence-corrected chi connectivity index (χ1v) is 6.78. The lowest BCUT2D eigenvalue weighted by atomic mass is 10.0. The SMILES string of the molecule is c1ccc(-c2ccc(CNCc3ccoc3)cc2)cc1. The van der Waals surface area contributed by atoms with Crippen molar-refractivity contribution in [3.05, 3.63) is 84.3 Å². The molecule has 1 heterocycles. The molecule has 0 amide bonds. The molecule has 0 atom stereocenters. The first kappa shape index (κ1) is 12.7. The second-order valence-corrected chi connectivity index (χ2v) is 4.80. The Bertz CT molecular complexity index is 627. The summed E-state index contributed by atoms with van der Waals surface area (Å²) in [7, 11) is 0. The first-order chi connectivity index (χ1) is 9.92. The van der Waals surface area contributed by atoms with Gasteiger partial charge in [-0.15, -0.1) is 0 Å². The minimum absolute atomic E-state index is 0.830. The van der Waals surface area contributed by atoms with Crippen molar-refractivity contribution >= 4 is 0 Å². The van der Waals surface area contributed by atoms with E-state index in [2.05, 4.69) is 53.8 Å². The number of furan rings is 1. The van der Waals surface area contributed by atoms with E-state index in [4.69, 9.17) is 4.42 Å². The summed E-state index contributed by atoms with van der Waals surface area (Å²) in [5.74, 6) is 0. The van der Waals surface area contributed by atoms with E-state index in [1.807, 2.05) is 12.1 Å². The molecule has 1 aromatic heterocycles. The third-order valence-corrected chi connectivity index (χ3v) is 3.30. The quantitative estimate of drug-likeness (QED) is 0.745. The molecule has 3 aromatic rings. The summed E-state index contributed by atoms with van der Waals surface area (Å²) in [6.07, 6.45) is 3.47. The number of rotatable bonds is 5. The Morgan fingerprint density at radius 2 is 1.40 bits per heavy atom. The van der Waals surface area contributed by atoms with Crippen molar-refractivity contribution in [3.63, 3.8) is 0 Å². The van der Waals surface area contributed by atoms with E-state index < -0.39 is 0 Å². The Balaban J connectivity index is 1.59. The standard InChI is InChI=1S/C18H17NO/c1-2-4-17(5-3-1)18-8-6-15(7-9-18)12-19-13-16-10-11-20-14-16/h1-11,14,19H,12-13H2. The smallest absolute Gasteiger partial charge is 0.0947 e. The van der Waals surface area contributed by atoms with Gasteiger partial charge in [0.2, 0.25) is 0 Å². The van der Waals surface area contributed by atoms with Crippen molar-refractivity contribution in [2.24, 2.45) is 0 Å². The molecule has 2 heteroatoms. The molecule has 0 radical (unpaired) electrons. The highest BCUT2D eigenvalue weighted by Crippen LogP contribution is 2.19. The third-order valence-electron chi connectivity index (χ3n) is 3.30. The second kappa shape index (κ2) is 6.22. The molecular weight excluding hydrogens is 246 g/mol. The fourth-order valence-corrected chi connectivity index (χ4v) is 2.19. The van der Waals surface area contributed by atoms with Crippen molar-refractivity contribution in [1.29, 1.82) is 0 Å². The third kappa shape index (κ3) is 3.16. The number of hydrogen-bond acceptors (Lipinski definition) is 2. The van der Waals surface area contributed by atoms with E-state index in [1.54, 1.807) is 12.5 Å². The van der Waals surface area contributed by atoms with Gasteiger partial charge in [-0.05, 0) is 22.8 Å². The van der Waals surface area contributed by atoms with Gasteiger partial charge in [-0.1, -0.05) is 54.6 Å². The number of benzene rings is 2. The van der Waals surface area contributed by atoms with Gasteiger partial charge in [0.25, 0.3) is 0 Å². The summed E-state index contributed by atoms with van der Waals surface area (Å²) in [5.41, 5.74) is 4.97. The molecule has 0 fully saturated rings. The number of hydrogen-bond donors (Lipinski definition) is 1. The Kier molecular flexibility index (Phi) is 3.95. The molecule has 0 aliphatic rings. The lowest BCUT2D eigenvalue weighted by molar-refractivity contribution is 0.560. The summed E-state index contributed by atoms with van der Waals surface area (Å²) in [5, 5.41) is 3.40. The van der Waals surface area contributed by atoms with Crippen LogP contribution in [-0.4, -0.2) is 0 Å². The Labute approximate surface area is 119 Å². The molecule has 0 saturated carbocycles. The second-order valence-electron chi connectivity index (χ2n) is 4.80. The van der Waals surface area contributed by atoms with Crippen LogP contribution >= 0.6 is 0 Å². The lowest BCUT2D eigenvalue weighted by Crippen LogP contribution is -2.11. The molecule has 0 unspecified atom stereocenters. The molecule has 0 bridgehead atoms. The van der Waals surface area contributed by atoms with E-state index in [0.717, 1.165) is 13.1 Å². The molecular formula is C18H17NO. The van der Waals surface area contributed by atoms with Gasteiger partial charge in [-0.2, -0.15) is 0 Å². The molecule has 2 nitrogen and oxygen atoms in total. The van der Waals surface area contributed by atoms with Crippen LogP contribution in [0.1, 0.15) is 11.1 Å². The average molecular weight is 263 g/mol. The molecule has 20 heavy (non-hydrogen) atoms. The summed E-state index contributed by atoms with van der Waals surface area (Å²) in [4.78, 5) is 0. The van der Waals surface area contributed by atoms with Crippen molar-refractivity contribution in [2.75, 3.05) is 0 Å². The minimum Gasteiger partial charge on any atom is -0.472 e. The topological polar surface area (TPSA) is 25.2 Å². The largest absolute Gasteiger partial charge is 0.472 e. The zero-order valence-corrected chi connectivity index (χ0v) is 11.3. The monoisotopic (exact) mass is 263 g/mol. The maximum Gasteiger partial charge on any atom is 0.0947 e. The zero-order chi connectivity index (χ0) is 13.6. The summed E-state index contributed by atoms with van der Waals surface area (Å²) in [6, 6.07) is 21.1. The molecule has 0 saturated heterocycles. The van der Waals surface area contributed by atoms with Crippen molar-refractivity contribution < 1.29 is 4.42 Å². The van der Waals surface area contributed by atoms with Crippen LogP contribution < -0.4 is 5.32 Å². The predicted molar refractivity (Wildman–Crippen MR) is 81.1 cm³/mol. The van der Waals surface area contributed by atoms with E-state index in [1.165, 1.54) is 22.3 Å². The molecule has 0 spiro atoms. The van der Waals surface area contributed by atoms with Crippen LogP contribution in [-0.2, 0) is 13.1 Å². The van der Waals surface area contributed by atoms with Crippen LogP contribution in [0.15, 0.2) is 77.6 Å². The van der Waals surface area contributed by atoms with Gasteiger partial charge in [0, 0.05) is 18.7 Å². The van der Waals surface area contributed by atoms with E-state index in [0.29, 0.717) is 0 Å². The van der Waals surface area contributed by atoms with Crippen molar-refractivity contribution in [1.82, 2.24) is 5.32 Å². The molecule has 0 aliphatic heterocycles. The molecule has 1 N–H and O–H groups in total. The minimum atomic E-state index is 0.830. The summed E-state index contributed by atoms with van der Waals surface area (Å²) < 4.78 is 5.04. The highest BCUT2D eigenvalue weighted by molar-refractivity contribution is 5.63. The summed E-state index contributed by atoms with van der Waals surface area (Å²) >= 11 is 0. The van der Waals surface area contributed by atoms with E-state index in [9.17, 15) is 0 Å². The molecule has 2 aromatic carbocycles. The van der Waals surface area contributed by atoms with Gasteiger partial charge in [-0.3, -0.25) is 0 Å². The van der Waals surface area contributed by atoms with Gasteiger partial charge in [0.1, 0.15) is 0 Å². The van der Waals surface area contributed by atoms with Crippen LogP contribution in [0.4, 0.5) is 0 Å².